The fourth-order valence-electron chi connectivity index (χ4n) is 8.56. The van der Waals surface area contributed by atoms with Gasteiger partial charge in [-0.1, -0.05) is 51.2 Å². The number of carbonyl (C=O) groups excluding carboxylic acids is 3. The number of nitrogens with zero attached hydrogens (tertiary/aromatic N) is 2. The number of hydrogen-bond donors (Lipinski definition) is 3. The highest BCUT2D eigenvalue weighted by Crippen LogP contribution is 2.46. The summed E-state index contributed by atoms with van der Waals surface area (Å²) in [6, 6.07) is 5.75. The van der Waals surface area contributed by atoms with Crippen LogP contribution in [-0.4, -0.2) is 83.4 Å². The maximum Gasteiger partial charge on any atom is 0.245 e. The summed E-state index contributed by atoms with van der Waals surface area (Å²) < 4.78 is 13.7. The van der Waals surface area contributed by atoms with Crippen molar-refractivity contribution in [3.05, 3.63) is 35.6 Å². The number of piperazine rings is 1. The van der Waals surface area contributed by atoms with Crippen molar-refractivity contribution in [2.24, 2.45) is 11.3 Å². The summed E-state index contributed by atoms with van der Waals surface area (Å²) in [7, 11) is 0. The average Bonchev–Trinajstić information content (AvgIpc) is 3.04. The van der Waals surface area contributed by atoms with E-state index in [9.17, 15) is 18.8 Å². The summed E-state index contributed by atoms with van der Waals surface area (Å²) in [5.74, 6) is -0.170. The molecule has 2 saturated carbocycles. The van der Waals surface area contributed by atoms with Crippen LogP contribution >= 0.6 is 0 Å². The summed E-state index contributed by atoms with van der Waals surface area (Å²) in [6.45, 7) is 10.7. The third-order valence-corrected chi connectivity index (χ3v) is 11.0. The molecule has 5 rings (SSSR count). The van der Waals surface area contributed by atoms with Crippen LogP contribution in [0.5, 0.6) is 0 Å². The first-order valence-electron chi connectivity index (χ1n) is 17.7. The second-order valence-electron chi connectivity index (χ2n) is 15.2. The lowest BCUT2D eigenvalue weighted by Gasteiger charge is -2.48. The molecule has 4 fully saturated rings. The fourth-order valence-corrected chi connectivity index (χ4v) is 8.56. The molecule has 3 amide bonds. The first-order chi connectivity index (χ1) is 21.5. The van der Waals surface area contributed by atoms with Gasteiger partial charge in [-0.15, -0.1) is 0 Å². The molecule has 0 aromatic heterocycles. The van der Waals surface area contributed by atoms with Gasteiger partial charge in [-0.3, -0.25) is 19.3 Å². The molecule has 250 valence electrons. The van der Waals surface area contributed by atoms with Crippen LogP contribution in [0.3, 0.4) is 0 Å². The van der Waals surface area contributed by atoms with Crippen molar-refractivity contribution in [3.8, 4) is 0 Å². The Bertz CT molecular complexity index is 1160. The van der Waals surface area contributed by atoms with Crippen molar-refractivity contribution in [2.75, 3.05) is 26.2 Å². The van der Waals surface area contributed by atoms with E-state index in [1.165, 1.54) is 25.0 Å². The van der Waals surface area contributed by atoms with Gasteiger partial charge in [-0.05, 0) is 89.5 Å². The Morgan fingerprint density at radius 1 is 0.978 bits per heavy atom. The number of benzene rings is 1. The minimum Gasteiger partial charge on any atom is -0.351 e. The molecule has 1 unspecified atom stereocenters. The van der Waals surface area contributed by atoms with Gasteiger partial charge in [0.25, 0.3) is 0 Å². The Balaban J connectivity index is 1.31. The largest absolute Gasteiger partial charge is 0.351 e. The number of nitrogens with one attached hydrogen (secondary N) is 3. The Morgan fingerprint density at radius 2 is 1.62 bits per heavy atom. The fraction of sp³-hybridized carbons (Fsp3) is 0.750. The molecule has 2 saturated heterocycles. The quantitative estimate of drug-likeness (QED) is 0.394. The second-order valence-corrected chi connectivity index (χ2v) is 15.2. The van der Waals surface area contributed by atoms with E-state index in [1.54, 1.807) is 12.1 Å². The molecule has 8 nitrogen and oxygen atoms in total. The van der Waals surface area contributed by atoms with E-state index in [0.29, 0.717) is 44.4 Å². The van der Waals surface area contributed by atoms with Crippen LogP contribution in [0.15, 0.2) is 24.3 Å². The molecule has 9 heteroatoms. The first-order valence-corrected chi connectivity index (χ1v) is 17.7. The lowest BCUT2D eigenvalue weighted by Crippen LogP contribution is -2.67. The molecule has 1 aromatic rings. The van der Waals surface area contributed by atoms with Gasteiger partial charge in [-0.2, -0.15) is 0 Å². The second kappa shape index (κ2) is 14.5. The number of halogens is 1. The number of amides is 3. The van der Waals surface area contributed by atoms with E-state index in [2.05, 4.69) is 27.8 Å². The van der Waals surface area contributed by atoms with Crippen molar-refractivity contribution < 1.29 is 18.8 Å². The molecule has 0 bridgehead atoms. The highest BCUT2D eigenvalue weighted by atomic mass is 19.1. The third kappa shape index (κ3) is 8.07. The van der Waals surface area contributed by atoms with Crippen LogP contribution in [-0.2, 0) is 20.8 Å². The summed E-state index contributed by atoms with van der Waals surface area (Å²) in [5, 5.41) is 10.0. The maximum absolute atomic E-state index is 14.2. The SMILES string of the molecule is CCN1CC(C(=O)N[C@H](Cc2ccc(F)cc2)C(=O)N2CCC(C(=O)NC(C)(C)C)(C3CCCCC3)CC2)N[C@@H]2CCCC[C@@H]21. The minimum atomic E-state index is -0.769. The van der Waals surface area contributed by atoms with Crippen molar-refractivity contribution in [3.63, 3.8) is 0 Å². The summed E-state index contributed by atoms with van der Waals surface area (Å²) in [5.41, 5.74) is -0.00640. The van der Waals surface area contributed by atoms with E-state index >= 15 is 0 Å². The number of carbonyl (C=O) groups is 3. The number of likely N-dealkylation sites (N-methyl/N-ethyl adjacent to an activating group) is 1. The predicted molar refractivity (Wildman–Crippen MR) is 175 cm³/mol. The lowest BCUT2D eigenvalue weighted by atomic mass is 9.63. The predicted octanol–water partition coefficient (Wildman–Crippen LogP) is 4.56. The summed E-state index contributed by atoms with van der Waals surface area (Å²) in [6.07, 6.45) is 11.8. The number of likely N-dealkylation sites (tertiary alicyclic amines) is 1. The van der Waals surface area contributed by atoms with Gasteiger partial charge in [-0.25, -0.2) is 4.39 Å². The van der Waals surface area contributed by atoms with Gasteiger partial charge in [0.2, 0.25) is 17.7 Å². The van der Waals surface area contributed by atoms with Crippen LogP contribution in [0.1, 0.15) is 104 Å². The molecule has 2 aliphatic heterocycles. The molecule has 2 heterocycles. The Hall–Kier alpha value is -2.52. The maximum atomic E-state index is 14.2. The van der Waals surface area contributed by atoms with Gasteiger partial charge in [0.1, 0.15) is 11.9 Å². The molecule has 1 aromatic carbocycles. The highest BCUT2D eigenvalue weighted by Gasteiger charge is 2.49. The van der Waals surface area contributed by atoms with E-state index < -0.39 is 17.5 Å². The number of hydrogen-bond acceptors (Lipinski definition) is 5. The summed E-state index contributed by atoms with van der Waals surface area (Å²) in [4.78, 5) is 46.2. The Morgan fingerprint density at radius 3 is 2.27 bits per heavy atom. The van der Waals surface area contributed by atoms with E-state index in [0.717, 1.165) is 57.1 Å². The summed E-state index contributed by atoms with van der Waals surface area (Å²) >= 11 is 0. The molecule has 4 atom stereocenters. The molecule has 2 aliphatic carbocycles. The highest BCUT2D eigenvalue weighted by molar-refractivity contribution is 5.91. The van der Waals surface area contributed by atoms with Gasteiger partial charge < -0.3 is 20.9 Å². The zero-order chi connectivity index (χ0) is 32.2. The lowest BCUT2D eigenvalue weighted by molar-refractivity contribution is -0.147. The van der Waals surface area contributed by atoms with Crippen LogP contribution in [0.4, 0.5) is 4.39 Å². The van der Waals surface area contributed by atoms with Crippen LogP contribution in [0.2, 0.25) is 0 Å². The average molecular weight is 626 g/mol. The standard InChI is InChI=1S/C36H56FN5O3/c1-5-41-24-30(38-28-13-9-10-14-31(28)41)32(43)39-29(23-25-15-17-27(37)18-16-25)33(44)42-21-19-36(20-22-42,26-11-7-6-8-12-26)34(45)40-35(2,3)4/h15-18,26,28-31,38H,5-14,19-24H2,1-4H3,(H,39,43)(H,40,45)/t28-,29-,30?,31+/m1/s1. The van der Waals surface area contributed by atoms with E-state index in [-0.39, 0.29) is 41.5 Å². The van der Waals surface area contributed by atoms with E-state index in [4.69, 9.17) is 0 Å². The van der Waals surface area contributed by atoms with Gasteiger partial charge in [0.15, 0.2) is 0 Å². The monoisotopic (exact) mass is 625 g/mol. The van der Waals surface area contributed by atoms with Crippen LogP contribution in [0, 0.1) is 17.2 Å². The molecule has 0 radical (unpaired) electrons. The number of fused-ring (bicyclic) bond motifs is 1. The zero-order valence-electron chi connectivity index (χ0n) is 28.0. The zero-order valence-corrected chi connectivity index (χ0v) is 28.0. The smallest absolute Gasteiger partial charge is 0.245 e. The molecule has 3 N–H and O–H groups in total. The van der Waals surface area contributed by atoms with Crippen molar-refractivity contribution in [1.29, 1.82) is 0 Å². The van der Waals surface area contributed by atoms with Crippen molar-refractivity contribution >= 4 is 17.7 Å². The van der Waals surface area contributed by atoms with Crippen molar-refractivity contribution in [1.82, 2.24) is 25.8 Å². The van der Waals surface area contributed by atoms with Crippen molar-refractivity contribution in [2.45, 2.75) is 134 Å². The normalized spacial score (nSPS) is 26.9. The Labute approximate surface area is 269 Å². The topological polar surface area (TPSA) is 93.8 Å². The molecular weight excluding hydrogens is 569 g/mol. The number of piperidine rings is 1. The third-order valence-electron chi connectivity index (χ3n) is 11.0. The van der Waals surface area contributed by atoms with Gasteiger partial charge in [0.05, 0.1) is 11.5 Å². The van der Waals surface area contributed by atoms with Gasteiger partial charge in [0, 0.05) is 43.7 Å². The first kappa shape index (κ1) is 33.8. The van der Waals surface area contributed by atoms with E-state index in [1.807, 2.05) is 25.7 Å². The van der Waals surface area contributed by atoms with Crippen LogP contribution in [0.25, 0.3) is 0 Å². The number of rotatable bonds is 8. The molecule has 0 spiro atoms. The van der Waals surface area contributed by atoms with Gasteiger partial charge >= 0.3 is 0 Å². The minimum absolute atomic E-state index is 0.120. The Kier molecular flexibility index (Phi) is 10.9. The molecule has 4 aliphatic rings. The molecular formula is C36H56FN5O3. The molecule has 45 heavy (non-hydrogen) atoms. The van der Waals surface area contributed by atoms with Crippen LogP contribution < -0.4 is 16.0 Å².